The third-order valence-corrected chi connectivity index (χ3v) is 2.30. The summed E-state index contributed by atoms with van der Waals surface area (Å²) in [6.07, 6.45) is 1.34. The molecule has 1 atom stereocenters. The van der Waals surface area contributed by atoms with E-state index in [1.807, 2.05) is 0 Å². The van der Waals surface area contributed by atoms with E-state index in [0.717, 1.165) is 0 Å². The van der Waals surface area contributed by atoms with Gasteiger partial charge in [0.05, 0.1) is 20.5 Å². The Morgan fingerprint density at radius 2 is 2.43 bits per heavy atom. The standard InChI is InChI=1S/C8H6BBrClNO2/c1-14-8(13)5-3-12-6(11)2-4(5)7(9)10/h2-3,7H,1H3. The molecular weight excluding hydrogens is 268 g/mol. The number of hydrogen-bond donors (Lipinski definition) is 0. The second-order valence-corrected chi connectivity index (χ2v) is 3.86. The van der Waals surface area contributed by atoms with Crippen LogP contribution in [-0.2, 0) is 4.74 Å². The van der Waals surface area contributed by atoms with Crippen molar-refractivity contribution in [2.24, 2.45) is 0 Å². The molecule has 0 aliphatic rings. The summed E-state index contributed by atoms with van der Waals surface area (Å²) in [7, 11) is 6.89. The molecule has 0 amide bonds. The summed E-state index contributed by atoms with van der Waals surface area (Å²) in [4.78, 5) is 15.0. The van der Waals surface area contributed by atoms with Gasteiger partial charge in [0.1, 0.15) is 5.15 Å². The molecule has 0 N–H and O–H groups in total. The zero-order valence-electron chi connectivity index (χ0n) is 7.33. The van der Waals surface area contributed by atoms with Gasteiger partial charge < -0.3 is 4.74 Å². The maximum atomic E-state index is 11.3. The van der Waals surface area contributed by atoms with Crippen molar-refractivity contribution >= 4 is 41.3 Å². The average Bonchev–Trinajstić information content (AvgIpc) is 2.16. The van der Waals surface area contributed by atoms with E-state index in [0.29, 0.717) is 11.1 Å². The van der Waals surface area contributed by atoms with E-state index in [4.69, 9.17) is 19.4 Å². The zero-order valence-corrected chi connectivity index (χ0v) is 9.67. The lowest BCUT2D eigenvalue weighted by atomic mass is 9.94. The van der Waals surface area contributed by atoms with Gasteiger partial charge in [-0.25, -0.2) is 9.78 Å². The fourth-order valence-corrected chi connectivity index (χ4v) is 1.50. The van der Waals surface area contributed by atoms with Gasteiger partial charge in [0.15, 0.2) is 0 Å². The van der Waals surface area contributed by atoms with Crippen molar-refractivity contribution in [1.29, 1.82) is 0 Å². The number of nitrogens with zero attached hydrogens (tertiary/aromatic N) is 1. The van der Waals surface area contributed by atoms with Crippen molar-refractivity contribution in [3.8, 4) is 0 Å². The molecule has 1 unspecified atom stereocenters. The van der Waals surface area contributed by atoms with E-state index < -0.39 is 10.7 Å². The second kappa shape index (κ2) is 4.80. The maximum Gasteiger partial charge on any atom is 0.339 e. The lowest BCUT2D eigenvalue weighted by Gasteiger charge is -2.09. The number of alkyl halides is 1. The molecule has 0 aliphatic carbocycles. The Labute approximate surface area is 96.3 Å². The van der Waals surface area contributed by atoms with Crippen LogP contribution in [0.2, 0.25) is 5.15 Å². The molecule has 0 aromatic carbocycles. The van der Waals surface area contributed by atoms with Crippen LogP contribution in [0.25, 0.3) is 0 Å². The highest BCUT2D eigenvalue weighted by molar-refractivity contribution is 9.09. The largest absolute Gasteiger partial charge is 0.465 e. The summed E-state index contributed by atoms with van der Waals surface area (Å²) in [6, 6.07) is 1.52. The van der Waals surface area contributed by atoms with Crippen molar-refractivity contribution in [2.75, 3.05) is 7.11 Å². The van der Waals surface area contributed by atoms with Crippen LogP contribution in [-0.4, -0.2) is 25.9 Å². The molecule has 0 fully saturated rings. The minimum Gasteiger partial charge on any atom is -0.465 e. The Bertz CT molecular complexity index is 359. The van der Waals surface area contributed by atoms with Crippen LogP contribution >= 0.6 is 27.5 Å². The molecule has 6 heteroatoms. The molecule has 14 heavy (non-hydrogen) atoms. The molecule has 0 saturated heterocycles. The minimum atomic E-state index is -0.487. The molecule has 72 valence electrons. The summed E-state index contributed by atoms with van der Waals surface area (Å²) in [6.45, 7) is 0. The van der Waals surface area contributed by atoms with E-state index in [-0.39, 0.29) is 5.15 Å². The van der Waals surface area contributed by atoms with Gasteiger partial charge in [-0.3, -0.25) is 0 Å². The van der Waals surface area contributed by atoms with E-state index in [1.54, 1.807) is 0 Å². The normalized spacial score (nSPS) is 12.2. The predicted molar refractivity (Wildman–Crippen MR) is 58.0 cm³/mol. The van der Waals surface area contributed by atoms with Crippen molar-refractivity contribution in [2.45, 2.75) is 4.73 Å². The highest BCUT2D eigenvalue weighted by atomic mass is 79.9. The van der Waals surface area contributed by atoms with Gasteiger partial charge in [0, 0.05) is 10.9 Å². The molecule has 0 spiro atoms. The molecule has 0 bridgehead atoms. The summed E-state index contributed by atoms with van der Waals surface area (Å²) in [5.41, 5.74) is 0.859. The Morgan fingerprint density at radius 3 is 2.93 bits per heavy atom. The Hall–Kier alpha value is -0.545. The molecule has 1 rings (SSSR count). The molecule has 0 aliphatic heterocycles. The van der Waals surface area contributed by atoms with Crippen molar-refractivity contribution in [1.82, 2.24) is 4.98 Å². The van der Waals surface area contributed by atoms with Crippen molar-refractivity contribution in [3.05, 3.63) is 28.5 Å². The fraction of sp³-hybridized carbons (Fsp3) is 0.250. The van der Waals surface area contributed by atoms with Crippen molar-refractivity contribution < 1.29 is 9.53 Å². The van der Waals surface area contributed by atoms with Crippen LogP contribution in [0, 0.1) is 0 Å². The first-order chi connectivity index (χ1) is 6.56. The number of esters is 1. The number of halogens is 2. The number of carbonyl (C=O) groups is 1. The average molecular weight is 274 g/mol. The van der Waals surface area contributed by atoms with Crippen LogP contribution in [0.3, 0.4) is 0 Å². The first-order valence-corrected chi connectivity index (χ1v) is 4.99. The SMILES string of the molecule is [B]C(Br)c1cc(Cl)ncc1C(=O)OC. The van der Waals surface area contributed by atoms with Crippen LogP contribution < -0.4 is 0 Å². The van der Waals surface area contributed by atoms with Gasteiger partial charge in [-0.2, -0.15) is 0 Å². The van der Waals surface area contributed by atoms with Crippen LogP contribution in [0.15, 0.2) is 12.3 Å². The van der Waals surface area contributed by atoms with Crippen LogP contribution in [0.5, 0.6) is 0 Å². The van der Waals surface area contributed by atoms with E-state index in [1.165, 1.54) is 19.4 Å². The lowest BCUT2D eigenvalue weighted by Crippen LogP contribution is -2.07. The van der Waals surface area contributed by atoms with E-state index in [2.05, 4.69) is 25.7 Å². The number of aromatic nitrogens is 1. The van der Waals surface area contributed by atoms with Gasteiger partial charge in [0.2, 0.25) is 0 Å². The molecule has 1 heterocycles. The van der Waals surface area contributed by atoms with Gasteiger partial charge >= 0.3 is 5.97 Å². The first-order valence-electron chi connectivity index (χ1n) is 3.69. The highest BCUT2D eigenvalue weighted by Gasteiger charge is 2.15. The number of rotatable bonds is 2. The molecular formula is C8H6BBrClNO2. The van der Waals surface area contributed by atoms with Gasteiger partial charge in [0.25, 0.3) is 0 Å². The number of hydrogen-bond acceptors (Lipinski definition) is 3. The number of methoxy groups -OCH3 is 1. The van der Waals surface area contributed by atoms with Gasteiger partial charge in [-0.1, -0.05) is 27.5 Å². The molecule has 3 nitrogen and oxygen atoms in total. The van der Waals surface area contributed by atoms with Gasteiger partial charge in [-0.15, -0.1) is 0 Å². The molecule has 1 aromatic rings. The summed E-state index contributed by atoms with van der Waals surface area (Å²) >= 11 is 8.82. The lowest BCUT2D eigenvalue weighted by molar-refractivity contribution is 0.0599. The third kappa shape index (κ3) is 2.48. The summed E-state index contributed by atoms with van der Waals surface area (Å²) < 4.78 is 4.09. The number of carbonyl (C=O) groups excluding carboxylic acids is 1. The monoisotopic (exact) mass is 273 g/mol. The first kappa shape index (κ1) is 11.5. The summed E-state index contributed by atoms with van der Waals surface area (Å²) in [5, 5.41) is 0.280. The number of ether oxygens (including phenoxy) is 1. The van der Waals surface area contributed by atoms with Crippen molar-refractivity contribution in [3.63, 3.8) is 0 Å². The summed E-state index contributed by atoms with van der Waals surface area (Å²) in [5.74, 6) is -0.487. The van der Waals surface area contributed by atoms with E-state index >= 15 is 0 Å². The quantitative estimate of drug-likeness (QED) is 0.359. The van der Waals surface area contributed by atoms with E-state index in [9.17, 15) is 4.79 Å². The topological polar surface area (TPSA) is 39.2 Å². The maximum absolute atomic E-state index is 11.3. The fourth-order valence-electron chi connectivity index (χ4n) is 0.953. The third-order valence-electron chi connectivity index (χ3n) is 1.61. The molecule has 2 radical (unpaired) electrons. The highest BCUT2D eigenvalue weighted by Crippen LogP contribution is 2.25. The molecule has 0 saturated carbocycles. The number of pyridine rings is 1. The second-order valence-electron chi connectivity index (χ2n) is 2.49. The van der Waals surface area contributed by atoms with Crippen LogP contribution in [0.4, 0.5) is 0 Å². The predicted octanol–water partition coefficient (Wildman–Crippen LogP) is 2.08. The Morgan fingerprint density at radius 1 is 1.79 bits per heavy atom. The molecule has 1 aromatic heterocycles. The Balaban J connectivity index is 3.21. The van der Waals surface area contributed by atoms with Crippen LogP contribution in [0.1, 0.15) is 20.6 Å². The Kier molecular flexibility index (Phi) is 3.95. The minimum absolute atomic E-state index is 0.280. The zero-order chi connectivity index (χ0) is 10.7. The van der Waals surface area contributed by atoms with Gasteiger partial charge in [-0.05, 0) is 11.6 Å². The smallest absolute Gasteiger partial charge is 0.339 e.